The molecular weight excluding hydrogens is 328 g/mol. The van der Waals surface area contributed by atoms with Gasteiger partial charge in [-0.2, -0.15) is 15.6 Å². The van der Waals surface area contributed by atoms with Gasteiger partial charge in [0, 0.05) is 22.9 Å². The van der Waals surface area contributed by atoms with E-state index < -0.39 is 45.0 Å². The predicted octanol–water partition coefficient (Wildman–Crippen LogP) is 1.55. The number of rotatable bonds is 4. The van der Waals surface area contributed by atoms with Crippen LogP contribution in [-0.4, -0.2) is 49.1 Å². The van der Waals surface area contributed by atoms with Crippen molar-refractivity contribution in [2.45, 2.75) is 23.8 Å². The van der Waals surface area contributed by atoms with E-state index in [9.17, 15) is 22.0 Å². The summed E-state index contributed by atoms with van der Waals surface area (Å²) >= 11 is 0.858. The maximum atomic E-state index is 12.8. The Balaban J connectivity index is 2.36. The van der Waals surface area contributed by atoms with Crippen LogP contribution in [0.2, 0.25) is 0 Å². The van der Waals surface area contributed by atoms with Crippen LogP contribution in [0.15, 0.2) is 15.7 Å². The van der Waals surface area contributed by atoms with E-state index in [0.717, 1.165) is 26.4 Å². The number of thiophene rings is 1. The lowest BCUT2D eigenvalue weighted by molar-refractivity contribution is -0.170. The summed E-state index contributed by atoms with van der Waals surface area (Å²) < 4.78 is 56.5. The molecule has 0 aliphatic carbocycles. The molecule has 0 radical (unpaired) electrons. The first-order valence-corrected chi connectivity index (χ1v) is 8.28. The maximum Gasteiger partial charge on any atom is 0.337 e. The van der Waals surface area contributed by atoms with Crippen molar-refractivity contribution in [2.75, 3.05) is 19.7 Å². The largest absolute Gasteiger partial charge is 0.479 e. The van der Waals surface area contributed by atoms with E-state index >= 15 is 0 Å². The third kappa shape index (κ3) is 2.93. The van der Waals surface area contributed by atoms with Crippen LogP contribution in [-0.2, 0) is 19.6 Å². The van der Waals surface area contributed by atoms with Crippen molar-refractivity contribution in [3.8, 4) is 0 Å². The van der Waals surface area contributed by atoms with E-state index in [1.54, 1.807) is 0 Å². The quantitative estimate of drug-likeness (QED) is 0.898. The summed E-state index contributed by atoms with van der Waals surface area (Å²) in [4.78, 5) is 10.7. The number of sulfonamides is 1. The molecule has 1 aromatic rings. The number of halogens is 2. The highest BCUT2D eigenvalue weighted by molar-refractivity contribution is 7.89. The standard InChI is InChI=1S/C11H13F2NO5S2/c1-11(10(15)16)6-14(2-3-19-11)21(17,18)8-5-20-4-7(8)9(12)13/h4-5,9H,2-3,6H2,1H3,(H,15,16). The van der Waals surface area contributed by atoms with Crippen LogP contribution in [0.3, 0.4) is 0 Å². The Morgan fingerprint density at radius 2 is 2.19 bits per heavy atom. The van der Waals surface area contributed by atoms with Crippen molar-refractivity contribution in [1.82, 2.24) is 4.31 Å². The number of ether oxygens (including phenoxy) is 1. The number of carboxylic acids is 1. The minimum absolute atomic E-state index is 0.0796. The zero-order valence-corrected chi connectivity index (χ0v) is 12.6. The lowest BCUT2D eigenvalue weighted by Crippen LogP contribution is -2.56. The molecule has 0 amide bonds. The number of hydrogen-bond donors (Lipinski definition) is 1. The fraction of sp³-hybridized carbons (Fsp3) is 0.545. The van der Waals surface area contributed by atoms with E-state index in [-0.39, 0.29) is 13.2 Å². The van der Waals surface area contributed by atoms with Gasteiger partial charge in [0.15, 0.2) is 5.60 Å². The summed E-state index contributed by atoms with van der Waals surface area (Å²) in [5, 5.41) is 11.3. The molecule has 2 heterocycles. The van der Waals surface area contributed by atoms with Crippen molar-refractivity contribution in [3.63, 3.8) is 0 Å². The highest BCUT2D eigenvalue weighted by Gasteiger charge is 2.44. The third-order valence-electron chi connectivity index (χ3n) is 3.20. The smallest absolute Gasteiger partial charge is 0.337 e. The zero-order valence-electron chi connectivity index (χ0n) is 11.0. The zero-order chi connectivity index (χ0) is 15.8. The van der Waals surface area contributed by atoms with Gasteiger partial charge in [0.05, 0.1) is 13.2 Å². The molecule has 0 bridgehead atoms. The van der Waals surface area contributed by atoms with Crippen molar-refractivity contribution in [1.29, 1.82) is 0 Å². The second-order valence-electron chi connectivity index (χ2n) is 4.72. The Labute approximate surface area is 124 Å². The molecule has 0 spiro atoms. The molecule has 1 aliphatic rings. The maximum absolute atomic E-state index is 12.8. The fourth-order valence-corrected chi connectivity index (χ4v) is 4.86. The number of carboxylic acid groups (broad SMARTS) is 1. The third-order valence-corrected chi connectivity index (χ3v) is 6.01. The molecule has 1 atom stereocenters. The first-order chi connectivity index (χ1) is 9.68. The molecule has 0 aromatic carbocycles. The van der Waals surface area contributed by atoms with Gasteiger partial charge in [0.2, 0.25) is 10.0 Å². The summed E-state index contributed by atoms with van der Waals surface area (Å²) in [6, 6.07) is 0. The van der Waals surface area contributed by atoms with Crippen LogP contribution < -0.4 is 0 Å². The average molecular weight is 341 g/mol. The number of hydrogen-bond acceptors (Lipinski definition) is 5. The molecule has 21 heavy (non-hydrogen) atoms. The van der Waals surface area contributed by atoms with Crippen molar-refractivity contribution in [3.05, 3.63) is 16.3 Å². The molecule has 10 heteroatoms. The van der Waals surface area contributed by atoms with Gasteiger partial charge in [-0.1, -0.05) is 0 Å². The van der Waals surface area contributed by atoms with Gasteiger partial charge < -0.3 is 9.84 Å². The molecule has 1 aliphatic heterocycles. The van der Waals surface area contributed by atoms with Crippen LogP contribution >= 0.6 is 11.3 Å². The van der Waals surface area contributed by atoms with Crippen molar-refractivity contribution in [2.24, 2.45) is 0 Å². The monoisotopic (exact) mass is 341 g/mol. The highest BCUT2D eigenvalue weighted by atomic mass is 32.2. The number of nitrogens with zero attached hydrogens (tertiary/aromatic N) is 1. The van der Waals surface area contributed by atoms with Gasteiger partial charge in [0.25, 0.3) is 6.43 Å². The van der Waals surface area contributed by atoms with Gasteiger partial charge in [-0.05, 0) is 6.92 Å². The Hall–Kier alpha value is -1.10. The number of carbonyl (C=O) groups is 1. The topological polar surface area (TPSA) is 83.9 Å². The Bertz CT molecular complexity index is 645. The van der Waals surface area contributed by atoms with Crippen LogP contribution in [0.1, 0.15) is 18.9 Å². The first-order valence-electron chi connectivity index (χ1n) is 5.90. The number of morpholine rings is 1. The van der Waals surface area contributed by atoms with E-state index in [0.29, 0.717) is 0 Å². The molecule has 0 saturated carbocycles. The minimum Gasteiger partial charge on any atom is -0.479 e. The van der Waals surface area contributed by atoms with E-state index in [1.165, 1.54) is 6.92 Å². The molecule has 1 fully saturated rings. The second-order valence-corrected chi connectivity index (χ2v) is 7.37. The first kappa shape index (κ1) is 16.3. The van der Waals surface area contributed by atoms with Crippen molar-refractivity contribution >= 4 is 27.3 Å². The summed E-state index contributed by atoms with van der Waals surface area (Å²) in [5.74, 6) is -1.30. The summed E-state index contributed by atoms with van der Waals surface area (Å²) in [6.07, 6.45) is -2.91. The Kier molecular flexibility index (Phi) is 4.34. The van der Waals surface area contributed by atoms with Gasteiger partial charge >= 0.3 is 5.97 Å². The molecule has 1 aromatic heterocycles. The van der Waals surface area contributed by atoms with Crippen LogP contribution in [0, 0.1) is 0 Å². The van der Waals surface area contributed by atoms with Crippen LogP contribution in [0.5, 0.6) is 0 Å². The SMILES string of the molecule is CC1(C(=O)O)CN(S(=O)(=O)c2cscc2C(F)F)CCO1. The molecule has 1 N–H and O–H groups in total. The van der Waals surface area contributed by atoms with Gasteiger partial charge in [-0.3, -0.25) is 0 Å². The molecular formula is C11H13F2NO5S2. The van der Waals surface area contributed by atoms with E-state index in [2.05, 4.69) is 0 Å². The van der Waals surface area contributed by atoms with Gasteiger partial charge in [0.1, 0.15) is 4.90 Å². The predicted molar refractivity (Wildman–Crippen MR) is 70.0 cm³/mol. The summed E-state index contributed by atoms with van der Waals surface area (Å²) in [5.41, 5.74) is -2.25. The molecule has 2 rings (SSSR count). The summed E-state index contributed by atoms with van der Waals surface area (Å²) in [6.45, 7) is 0.627. The minimum atomic E-state index is -4.18. The van der Waals surface area contributed by atoms with Crippen LogP contribution in [0.25, 0.3) is 0 Å². The summed E-state index contributed by atoms with van der Waals surface area (Å²) in [7, 11) is -4.18. The highest BCUT2D eigenvalue weighted by Crippen LogP contribution is 2.33. The van der Waals surface area contributed by atoms with E-state index in [1.807, 2.05) is 0 Å². The molecule has 1 unspecified atom stereocenters. The lowest BCUT2D eigenvalue weighted by Gasteiger charge is -2.36. The van der Waals surface area contributed by atoms with Crippen molar-refractivity contribution < 1.29 is 31.8 Å². The Morgan fingerprint density at radius 1 is 1.52 bits per heavy atom. The van der Waals surface area contributed by atoms with Gasteiger partial charge in [-0.25, -0.2) is 22.0 Å². The molecule has 6 nitrogen and oxygen atoms in total. The Morgan fingerprint density at radius 3 is 2.76 bits per heavy atom. The van der Waals surface area contributed by atoms with E-state index in [4.69, 9.17) is 9.84 Å². The number of aliphatic carboxylic acids is 1. The number of alkyl halides is 2. The van der Waals surface area contributed by atoms with Crippen LogP contribution in [0.4, 0.5) is 8.78 Å². The second kappa shape index (κ2) is 5.59. The average Bonchev–Trinajstić information content (AvgIpc) is 2.88. The molecule has 118 valence electrons. The molecule has 1 saturated heterocycles. The normalized spacial score (nSPS) is 24.4. The van der Waals surface area contributed by atoms with Gasteiger partial charge in [-0.15, -0.1) is 0 Å². The fourth-order valence-electron chi connectivity index (χ4n) is 1.97. The lowest BCUT2D eigenvalue weighted by atomic mass is 10.1.